The zero-order valence-electron chi connectivity index (χ0n) is 7.33. The van der Waals surface area contributed by atoms with Crippen molar-refractivity contribution in [3.05, 3.63) is 11.9 Å². The summed E-state index contributed by atoms with van der Waals surface area (Å²) in [6.07, 6.45) is 2.97. The number of hydrogen-bond donors (Lipinski definition) is 1. The van der Waals surface area contributed by atoms with Gasteiger partial charge in [-0.25, -0.2) is 4.98 Å². The number of nitrogens with two attached hydrogens (primary N) is 1. The Balaban J connectivity index is 2.94. The Kier molecular flexibility index (Phi) is 2.17. The van der Waals surface area contributed by atoms with Gasteiger partial charge in [-0.2, -0.15) is 0 Å². The molecule has 0 fully saturated rings. The molecule has 2 N–H and O–H groups in total. The third kappa shape index (κ3) is 1.37. The molecule has 1 aromatic heterocycles. The Labute approximate surface area is 67.2 Å². The average molecular weight is 153 g/mol. The molecule has 0 aliphatic carbocycles. The average Bonchev–Trinajstić information content (AvgIpc) is 2.32. The van der Waals surface area contributed by atoms with Crippen molar-refractivity contribution >= 4 is 5.95 Å². The van der Waals surface area contributed by atoms with Crippen LogP contribution >= 0.6 is 0 Å². The fourth-order valence-electron chi connectivity index (χ4n) is 1.10. The molecule has 0 spiro atoms. The molecule has 0 saturated heterocycles. The predicted molar refractivity (Wildman–Crippen MR) is 46.3 cm³/mol. The van der Waals surface area contributed by atoms with Crippen molar-refractivity contribution in [3.8, 4) is 0 Å². The van der Waals surface area contributed by atoms with Crippen molar-refractivity contribution in [2.24, 2.45) is 7.05 Å². The van der Waals surface area contributed by atoms with Gasteiger partial charge in [0, 0.05) is 12.7 Å². The monoisotopic (exact) mass is 153 g/mol. The minimum atomic E-state index is 0.546. The molecule has 0 aromatic carbocycles. The predicted octanol–water partition coefficient (Wildman–Crippen LogP) is 1.52. The molecule has 1 aromatic rings. The lowest BCUT2D eigenvalue weighted by molar-refractivity contribution is 0.669. The maximum Gasteiger partial charge on any atom is 0.200 e. The lowest BCUT2D eigenvalue weighted by Crippen LogP contribution is -2.03. The van der Waals surface area contributed by atoms with Crippen LogP contribution in [0, 0.1) is 0 Å². The first-order chi connectivity index (χ1) is 5.16. The van der Waals surface area contributed by atoms with Gasteiger partial charge in [-0.05, 0) is 12.3 Å². The van der Waals surface area contributed by atoms with Crippen molar-refractivity contribution < 1.29 is 0 Å². The Morgan fingerprint density at radius 3 is 2.73 bits per heavy atom. The fraction of sp³-hybridized carbons (Fsp3) is 0.625. The Bertz CT molecular complexity index is 239. The molecule has 0 bridgehead atoms. The smallest absolute Gasteiger partial charge is 0.200 e. The van der Waals surface area contributed by atoms with Crippen LogP contribution in [0.15, 0.2) is 6.20 Å². The number of aromatic nitrogens is 2. The zero-order chi connectivity index (χ0) is 8.43. The van der Waals surface area contributed by atoms with Crippen LogP contribution in [0.2, 0.25) is 0 Å². The normalized spacial score (nSPS) is 13.4. The van der Waals surface area contributed by atoms with Crippen molar-refractivity contribution in [3.63, 3.8) is 0 Å². The van der Waals surface area contributed by atoms with Crippen LogP contribution in [0.5, 0.6) is 0 Å². The van der Waals surface area contributed by atoms with E-state index in [1.54, 1.807) is 0 Å². The van der Waals surface area contributed by atoms with Crippen LogP contribution in [-0.2, 0) is 7.05 Å². The van der Waals surface area contributed by atoms with Gasteiger partial charge < -0.3 is 10.3 Å². The summed E-state index contributed by atoms with van der Waals surface area (Å²) < 4.78 is 1.94. The van der Waals surface area contributed by atoms with Gasteiger partial charge in [-0.1, -0.05) is 13.8 Å². The van der Waals surface area contributed by atoms with E-state index in [9.17, 15) is 0 Å². The van der Waals surface area contributed by atoms with E-state index in [-0.39, 0.29) is 0 Å². The molecule has 1 rings (SSSR count). The van der Waals surface area contributed by atoms with Crippen LogP contribution in [0.1, 0.15) is 31.9 Å². The highest BCUT2D eigenvalue weighted by molar-refractivity contribution is 5.23. The van der Waals surface area contributed by atoms with E-state index in [4.69, 9.17) is 5.73 Å². The summed E-state index contributed by atoms with van der Waals surface area (Å²) in [4.78, 5) is 4.03. The molecule has 3 nitrogen and oxygen atoms in total. The molecule has 1 heterocycles. The molecule has 1 unspecified atom stereocenters. The topological polar surface area (TPSA) is 43.8 Å². The maximum atomic E-state index is 5.58. The Morgan fingerprint density at radius 2 is 2.36 bits per heavy atom. The molecule has 0 aliphatic rings. The third-order valence-electron chi connectivity index (χ3n) is 2.18. The van der Waals surface area contributed by atoms with Gasteiger partial charge in [0.05, 0.1) is 6.20 Å². The van der Waals surface area contributed by atoms with Crippen molar-refractivity contribution in [1.29, 1.82) is 0 Å². The number of rotatable bonds is 2. The van der Waals surface area contributed by atoms with E-state index in [0.29, 0.717) is 11.9 Å². The fourth-order valence-corrected chi connectivity index (χ4v) is 1.10. The highest BCUT2D eigenvalue weighted by Crippen LogP contribution is 2.18. The lowest BCUT2D eigenvalue weighted by Gasteiger charge is -2.08. The van der Waals surface area contributed by atoms with Gasteiger partial charge in [0.15, 0.2) is 5.95 Å². The second-order valence-electron chi connectivity index (χ2n) is 2.91. The van der Waals surface area contributed by atoms with Crippen LogP contribution in [0.25, 0.3) is 0 Å². The molecule has 0 amide bonds. The van der Waals surface area contributed by atoms with E-state index in [2.05, 4.69) is 18.8 Å². The van der Waals surface area contributed by atoms with Crippen LogP contribution in [0.3, 0.4) is 0 Å². The molecule has 1 atom stereocenters. The number of nitrogens with zero attached hydrogens (tertiary/aromatic N) is 2. The SMILES string of the molecule is CCC(C)c1cnc(N)n1C. The quantitative estimate of drug-likeness (QED) is 0.700. The second-order valence-corrected chi connectivity index (χ2v) is 2.91. The number of imidazole rings is 1. The first kappa shape index (κ1) is 8.11. The molecule has 0 saturated carbocycles. The summed E-state index contributed by atoms with van der Waals surface area (Å²) in [6.45, 7) is 4.34. The van der Waals surface area contributed by atoms with E-state index in [1.165, 1.54) is 5.69 Å². The first-order valence-corrected chi connectivity index (χ1v) is 3.93. The Hall–Kier alpha value is -0.990. The van der Waals surface area contributed by atoms with Crippen molar-refractivity contribution in [2.75, 3.05) is 5.73 Å². The van der Waals surface area contributed by atoms with Gasteiger partial charge in [0.2, 0.25) is 0 Å². The number of nitrogen functional groups attached to an aromatic ring is 1. The molecular formula is C8H15N3. The lowest BCUT2D eigenvalue weighted by atomic mass is 10.1. The standard InChI is InChI=1S/C8H15N3/c1-4-6(2)7-5-10-8(9)11(7)3/h5-6H,4H2,1-3H3,(H2,9,10). The van der Waals surface area contributed by atoms with Crippen molar-refractivity contribution in [1.82, 2.24) is 9.55 Å². The van der Waals surface area contributed by atoms with Crippen LogP contribution in [0.4, 0.5) is 5.95 Å². The van der Waals surface area contributed by atoms with Gasteiger partial charge in [0.1, 0.15) is 0 Å². The molecular weight excluding hydrogens is 138 g/mol. The van der Waals surface area contributed by atoms with Gasteiger partial charge in [-0.3, -0.25) is 0 Å². The third-order valence-corrected chi connectivity index (χ3v) is 2.18. The minimum Gasteiger partial charge on any atom is -0.369 e. The summed E-state index contributed by atoms with van der Waals surface area (Å²) in [5, 5.41) is 0. The summed E-state index contributed by atoms with van der Waals surface area (Å²) >= 11 is 0. The van der Waals surface area contributed by atoms with Gasteiger partial charge in [0.25, 0.3) is 0 Å². The highest BCUT2D eigenvalue weighted by Gasteiger charge is 2.08. The van der Waals surface area contributed by atoms with E-state index in [1.807, 2.05) is 17.8 Å². The van der Waals surface area contributed by atoms with E-state index in [0.717, 1.165) is 6.42 Å². The van der Waals surface area contributed by atoms with Gasteiger partial charge >= 0.3 is 0 Å². The van der Waals surface area contributed by atoms with E-state index >= 15 is 0 Å². The highest BCUT2D eigenvalue weighted by atomic mass is 15.1. The summed E-state index contributed by atoms with van der Waals surface area (Å²) in [6, 6.07) is 0. The number of hydrogen-bond acceptors (Lipinski definition) is 2. The van der Waals surface area contributed by atoms with Crippen molar-refractivity contribution in [2.45, 2.75) is 26.2 Å². The Morgan fingerprint density at radius 1 is 1.73 bits per heavy atom. The number of anilines is 1. The molecule has 0 radical (unpaired) electrons. The van der Waals surface area contributed by atoms with E-state index < -0.39 is 0 Å². The molecule has 3 heteroatoms. The summed E-state index contributed by atoms with van der Waals surface area (Å²) in [7, 11) is 1.95. The second kappa shape index (κ2) is 2.95. The molecule has 62 valence electrons. The van der Waals surface area contributed by atoms with Crippen LogP contribution < -0.4 is 5.73 Å². The molecule has 11 heavy (non-hydrogen) atoms. The minimum absolute atomic E-state index is 0.546. The first-order valence-electron chi connectivity index (χ1n) is 3.93. The van der Waals surface area contributed by atoms with Crippen LogP contribution in [-0.4, -0.2) is 9.55 Å². The maximum absolute atomic E-state index is 5.58. The zero-order valence-corrected chi connectivity index (χ0v) is 7.33. The van der Waals surface area contributed by atoms with Gasteiger partial charge in [-0.15, -0.1) is 0 Å². The summed E-state index contributed by atoms with van der Waals surface area (Å²) in [5.74, 6) is 1.14. The summed E-state index contributed by atoms with van der Waals surface area (Å²) in [5.41, 5.74) is 6.80. The molecule has 0 aliphatic heterocycles. The largest absolute Gasteiger partial charge is 0.369 e.